The van der Waals surface area contributed by atoms with Crippen LogP contribution in [0.4, 0.5) is 8.78 Å². The summed E-state index contributed by atoms with van der Waals surface area (Å²) < 4.78 is 76.7. The summed E-state index contributed by atoms with van der Waals surface area (Å²) in [4.78, 5) is 13.2. The molecule has 4 aromatic rings. The highest BCUT2D eigenvalue weighted by atomic mass is 79.9. The third kappa shape index (κ3) is 9.60. The zero-order valence-electron chi connectivity index (χ0n) is 25.1. The first-order valence-electron chi connectivity index (χ1n) is 14.5. The van der Waals surface area contributed by atoms with Crippen LogP contribution in [-0.2, 0) is 63.6 Å². The predicted octanol–water partition coefficient (Wildman–Crippen LogP) is 8.28. The lowest BCUT2D eigenvalue weighted by Gasteiger charge is -2.27. The number of hydrogen-bond acceptors (Lipinski definition) is 9. The van der Waals surface area contributed by atoms with Crippen LogP contribution in [0.25, 0.3) is 0 Å². The van der Waals surface area contributed by atoms with Crippen LogP contribution in [0.1, 0.15) is 22.3 Å². The lowest BCUT2D eigenvalue weighted by atomic mass is 10.1. The zero-order chi connectivity index (χ0) is 34.1. The molecule has 48 heavy (non-hydrogen) atoms. The molecule has 0 aromatic heterocycles. The Bertz CT molecular complexity index is 1750. The van der Waals surface area contributed by atoms with Crippen LogP contribution in [0, 0.1) is 11.6 Å². The van der Waals surface area contributed by atoms with Crippen molar-refractivity contribution in [2.75, 3.05) is 6.61 Å². The van der Waals surface area contributed by atoms with Gasteiger partial charge in [-0.25, -0.2) is 18.1 Å². The minimum atomic E-state index is -4.46. The van der Waals surface area contributed by atoms with Crippen LogP contribution in [-0.4, -0.2) is 29.9 Å². The van der Waals surface area contributed by atoms with Crippen molar-refractivity contribution in [1.82, 2.24) is 0 Å². The van der Waals surface area contributed by atoms with Gasteiger partial charge in [-0.3, -0.25) is 13.6 Å². The molecule has 0 amide bonds. The van der Waals surface area contributed by atoms with E-state index in [1.54, 1.807) is 48.5 Å². The molecule has 0 radical (unpaired) electrons. The quantitative estimate of drug-likeness (QED) is 0.0884. The van der Waals surface area contributed by atoms with Crippen molar-refractivity contribution in [3.63, 3.8) is 0 Å². The average Bonchev–Trinajstić information content (AvgIpc) is 3.41. The van der Waals surface area contributed by atoms with Crippen molar-refractivity contribution in [2.24, 2.45) is 0 Å². The monoisotopic (exact) mass is 808 g/mol. The van der Waals surface area contributed by atoms with Gasteiger partial charge in [-0.2, -0.15) is 0 Å². The largest absolute Gasteiger partial charge is 0.485 e. The molecule has 0 spiro atoms. The fourth-order valence-corrected chi connectivity index (χ4v) is 6.63. The lowest BCUT2D eigenvalue weighted by molar-refractivity contribution is -0.148. The predicted molar refractivity (Wildman–Crippen MR) is 177 cm³/mol. The summed E-state index contributed by atoms with van der Waals surface area (Å²) in [5.74, 6) is -2.46. The molecule has 1 unspecified atom stereocenters. The van der Waals surface area contributed by atoms with Crippen molar-refractivity contribution in [3.05, 3.63) is 151 Å². The van der Waals surface area contributed by atoms with Crippen molar-refractivity contribution >= 4 is 45.7 Å². The Labute approximate surface area is 292 Å². The number of aliphatic hydroxyl groups is 1. The van der Waals surface area contributed by atoms with Crippen LogP contribution >= 0.6 is 39.7 Å². The molecule has 2 atom stereocenters. The molecule has 0 saturated carbocycles. The highest BCUT2D eigenvalue weighted by Gasteiger charge is 2.46. The minimum absolute atomic E-state index is 0.157. The number of ether oxygens (including phenoxy) is 3. The van der Waals surface area contributed by atoms with Crippen molar-refractivity contribution < 1.29 is 51.0 Å². The normalized spacial score (nSPS) is 15.4. The molecule has 1 heterocycles. The molecule has 5 rings (SSSR count). The Hall–Kier alpha value is -3.42. The van der Waals surface area contributed by atoms with Gasteiger partial charge in [0.2, 0.25) is 5.76 Å². The molecule has 0 fully saturated rings. The second-order valence-corrected chi connectivity index (χ2v) is 13.7. The SMILES string of the molecule is O=C1OC([C@H](CO)OP(=O)(OCc2ccccc2)OCc2ccccc2)C(OCc2ccc(F)c(Br)c2)=C1OCc1ccc(F)c(Br)c1. The van der Waals surface area contributed by atoms with E-state index in [1.807, 2.05) is 12.1 Å². The topological polar surface area (TPSA) is 110 Å². The van der Waals surface area contributed by atoms with Gasteiger partial charge in [0.05, 0.1) is 28.8 Å². The summed E-state index contributed by atoms with van der Waals surface area (Å²) in [6.45, 7) is -1.49. The minimum Gasteiger partial charge on any atom is -0.485 e. The smallest absolute Gasteiger partial charge is 0.475 e. The Kier molecular flexibility index (Phi) is 12.6. The molecule has 0 bridgehead atoms. The molecule has 9 nitrogen and oxygen atoms in total. The van der Waals surface area contributed by atoms with E-state index >= 15 is 0 Å². The van der Waals surface area contributed by atoms with Gasteiger partial charge in [0.1, 0.15) is 31.0 Å². The number of benzene rings is 4. The lowest BCUT2D eigenvalue weighted by Crippen LogP contribution is -2.35. The summed E-state index contributed by atoms with van der Waals surface area (Å²) in [7, 11) is -4.46. The molecule has 1 aliphatic rings. The van der Waals surface area contributed by atoms with E-state index in [1.165, 1.54) is 36.4 Å². The summed E-state index contributed by atoms with van der Waals surface area (Å²) in [6, 6.07) is 26.2. The number of aliphatic hydroxyl groups excluding tert-OH is 1. The van der Waals surface area contributed by atoms with Gasteiger partial charge < -0.3 is 19.3 Å². The highest BCUT2D eigenvalue weighted by molar-refractivity contribution is 9.10. The third-order valence-corrected chi connectivity index (χ3v) is 9.53. The number of phosphoric ester groups is 1. The number of esters is 1. The fraction of sp³-hybridized carbons (Fsp3) is 0.206. The maximum absolute atomic E-state index is 14.1. The van der Waals surface area contributed by atoms with Gasteiger partial charge in [-0.1, -0.05) is 72.8 Å². The first-order valence-corrected chi connectivity index (χ1v) is 17.5. The number of halogens is 4. The fourth-order valence-electron chi connectivity index (χ4n) is 4.45. The molecule has 0 aliphatic carbocycles. The molecule has 252 valence electrons. The van der Waals surface area contributed by atoms with Crippen LogP contribution in [0.5, 0.6) is 0 Å². The second-order valence-electron chi connectivity index (χ2n) is 10.4. The van der Waals surface area contributed by atoms with Gasteiger partial charge >= 0.3 is 13.8 Å². The van der Waals surface area contributed by atoms with E-state index in [0.29, 0.717) is 22.3 Å². The number of hydrogen-bond donors (Lipinski definition) is 1. The van der Waals surface area contributed by atoms with Crippen LogP contribution in [0.2, 0.25) is 0 Å². The van der Waals surface area contributed by atoms with Crippen molar-refractivity contribution in [2.45, 2.75) is 38.6 Å². The summed E-state index contributed by atoms with van der Waals surface area (Å²) >= 11 is 6.26. The molecular formula is C34H29Br2F2O9P. The first kappa shape index (κ1) is 35.9. The number of carbonyl (C=O) groups excluding carboxylic acids is 1. The molecular weight excluding hydrogens is 781 g/mol. The van der Waals surface area contributed by atoms with Crippen LogP contribution in [0.3, 0.4) is 0 Å². The van der Waals surface area contributed by atoms with Crippen LogP contribution < -0.4 is 0 Å². The van der Waals surface area contributed by atoms with E-state index in [-0.39, 0.29) is 46.9 Å². The maximum Gasteiger partial charge on any atom is 0.475 e. The second kappa shape index (κ2) is 16.8. The van der Waals surface area contributed by atoms with Crippen molar-refractivity contribution in [3.8, 4) is 0 Å². The Balaban J connectivity index is 1.42. The highest BCUT2D eigenvalue weighted by Crippen LogP contribution is 2.53. The van der Waals surface area contributed by atoms with Gasteiger partial charge in [0.15, 0.2) is 11.9 Å². The van der Waals surface area contributed by atoms with Gasteiger partial charge in [0, 0.05) is 0 Å². The van der Waals surface area contributed by atoms with E-state index < -0.39 is 44.2 Å². The van der Waals surface area contributed by atoms with E-state index in [4.69, 9.17) is 27.8 Å². The Morgan fingerprint density at radius 2 is 1.23 bits per heavy atom. The molecule has 4 aromatic carbocycles. The number of rotatable bonds is 16. The van der Waals surface area contributed by atoms with E-state index in [9.17, 15) is 23.2 Å². The first-order chi connectivity index (χ1) is 23.1. The van der Waals surface area contributed by atoms with Gasteiger partial charge in [-0.15, -0.1) is 0 Å². The summed E-state index contributed by atoms with van der Waals surface area (Å²) in [5, 5.41) is 10.5. The third-order valence-electron chi connectivity index (χ3n) is 6.89. The van der Waals surface area contributed by atoms with E-state index in [2.05, 4.69) is 31.9 Å². The zero-order valence-corrected chi connectivity index (χ0v) is 29.2. The summed E-state index contributed by atoms with van der Waals surface area (Å²) in [5.41, 5.74) is 2.38. The molecule has 1 N–H and O–H groups in total. The van der Waals surface area contributed by atoms with Gasteiger partial charge in [-0.05, 0) is 78.4 Å². The Morgan fingerprint density at radius 3 is 1.71 bits per heavy atom. The van der Waals surface area contributed by atoms with Crippen LogP contribution in [0.15, 0.2) is 118 Å². The average molecular weight is 810 g/mol. The summed E-state index contributed by atoms with van der Waals surface area (Å²) in [6.07, 6.45) is -2.97. The Morgan fingerprint density at radius 1 is 0.729 bits per heavy atom. The number of cyclic esters (lactones) is 1. The van der Waals surface area contributed by atoms with Crippen molar-refractivity contribution in [1.29, 1.82) is 0 Å². The molecule has 1 aliphatic heterocycles. The van der Waals surface area contributed by atoms with E-state index in [0.717, 1.165) is 0 Å². The number of phosphoric acid groups is 1. The van der Waals surface area contributed by atoms with Gasteiger partial charge in [0.25, 0.3) is 0 Å². The maximum atomic E-state index is 14.1. The molecule has 14 heteroatoms. The number of carbonyl (C=O) groups is 1. The molecule has 0 saturated heterocycles. The standard InChI is InChI=1S/C34H29Br2F2O9P/c35-26-15-24(11-13-28(26)37)18-42-32-31(46-34(40)33(32)43-19-25-12-14-29(38)27(36)16-25)30(17-39)47-48(41,44-20-22-7-3-1-4-8-22)45-21-23-9-5-2-6-10-23/h1-16,30-31,39H,17-21H2/t30-,31?/m0/s1.